The van der Waals surface area contributed by atoms with Gasteiger partial charge in [-0.05, 0) is 44.1 Å². The zero-order valence-electron chi connectivity index (χ0n) is 13.7. The second kappa shape index (κ2) is 9.84. The number of hydrogen-bond acceptors (Lipinski definition) is 4. The molecule has 1 aromatic carbocycles. The van der Waals surface area contributed by atoms with Crippen LogP contribution in [0.1, 0.15) is 24.0 Å². The van der Waals surface area contributed by atoms with Crippen LogP contribution in [0.25, 0.3) is 0 Å². The molecule has 0 bridgehead atoms. The molecule has 1 amide bonds. The van der Waals surface area contributed by atoms with Gasteiger partial charge in [0.25, 0.3) is 0 Å². The fourth-order valence-electron chi connectivity index (χ4n) is 2.23. The Bertz CT molecular complexity index is 501. The predicted octanol–water partition coefficient (Wildman–Crippen LogP) is 2.05. The smallest absolute Gasteiger partial charge is 0.220 e. The Hall–Kier alpha value is -2.01. The largest absolute Gasteiger partial charge is 0.493 e. The minimum Gasteiger partial charge on any atom is -0.493 e. The van der Waals surface area contributed by atoms with Crippen LogP contribution < -0.4 is 20.1 Å². The van der Waals surface area contributed by atoms with Gasteiger partial charge in [-0.3, -0.25) is 4.79 Å². The summed E-state index contributed by atoms with van der Waals surface area (Å²) in [5.74, 6) is 1.43. The van der Waals surface area contributed by atoms with Crippen LogP contribution in [0, 0.1) is 0 Å². The van der Waals surface area contributed by atoms with Gasteiger partial charge < -0.3 is 20.1 Å². The van der Waals surface area contributed by atoms with Crippen LogP contribution in [-0.4, -0.2) is 33.7 Å². The number of benzene rings is 1. The summed E-state index contributed by atoms with van der Waals surface area (Å²) < 4.78 is 10.8. The second-order valence-corrected chi connectivity index (χ2v) is 4.97. The third-order valence-electron chi connectivity index (χ3n) is 3.30. The summed E-state index contributed by atoms with van der Waals surface area (Å²) in [6.07, 6.45) is 3.85. The Morgan fingerprint density at radius 2 is 2.09 bits per heavy atom. The van der Waals surface area contributed by atoms with Gasteiger partial charge in [0.2, 0.25) is 5.91 Å². The van der Waals surface area contributed by atoms with E-state index in [4.69, 9.17) is 9.47 Å². The van der Waals surface area contributed by atoms with Crippen molar-refractivity contribution in [3.8, 4) is 11.5 Å². The van der Waals surface area contributed by atoms with Crippen molar-refractivity contribution in [1.29, 1.82) is 0 Å². The van der Waals surface area contributed by atoms with Crippen molar-refractivity contribution in [3.05, 3.63) is 35.9 Å². The van der Waals surface area contributed by atoms with Gasteiger partial charge in [0, 0.05) is 18.5 Å². The summed E-state index contributed by atoms with van der Waals surface area (Å²) in [6, 6.07) is 3.90. The molecule has 1 rings (SSSR count). The van der Waals surface area contributed by atoms with Crippen molar-refractivity contribution in [1.82, 2.24) is 10.6 Å². The van der Waals surface area contributed by atoms with Crippen LogP contribution in [0.5, 0.6) is 11.5 Å². The number of carbonyl (C=O) groups excluding carboxylic acids is 1. The molecule has 122 valence electrons. The maximum Gasteiger partial charge on any atom is 0.220 e. The lowest BCUT2D eigenvalue weighted by Crippen LogP contribution is -2.23. The first-order valence-electron chi connectivity index (χ1n) is 7.42. The molecular formula is C17H26N2O3. The van der Waals surface area contributed by atoms with E-state index < -0.39 is 0 Å². The Balaban J connectivity index is 2.76. The molecule has 0 saturated carbocycles. The predicted molar refractivity (Wildman–Crippen MR) is 88.5 cm³/mol. The highest BCUT2D eigenvalue weighted by Gasteiger charge is 2.12. The number of ether oxygens (including phenoxy) is 2. The molecule has 1 aromatic rings. The Morgan fingerprint density at radius 3 is 2.68 bits per heavy atom. The molecule has 0 heterocycles. The molecule has 0 aliphatic heterocycles. The first-order chi connectivity index (χ1) is 10.7. The van der Waals surface area contributed by atoms with Gasteiger partial charge in [-0.2, -0.15) is 0 Å². The van der Waals surface area contributed by atoms with Crippen LogP contribution in [0.3, 0.4) is 0 Å². The van der Waals surface area contributed by atoms with Gasteiger partial charge in [-0.25, -0.2) is 0 Å². The molecule has 0 unspecified atom stereocenters. The fourth-order valence-corrected chi connectivity index (χ4v) is 2.23. The lowest BCUT2D eigenvalue weighted by atomic mass is 10.1. The number of allylic oxidation sites excluding steroid dienone is 1. The molecule has 5 heteroatoms. The minimum atomic E-state index is 0.0512. The van der Waals surface area contributed by atoms with E-state index in [0.29, 0.717) is 30.9 Å². The van der Waals surface area contributed by atoms with Crippen molar-refractivity contribution in [2.24, 2.45) is 0 Å². The van der Waals surface area contributed by atoms with E-state index in [-0.39, 0.29) is 5.91 Å². The zero-order valence-corrected chi connectivity index (χ0v) is 13.7. The zero-order chi connectivity index (χ0) is 16.4. The van der Waals surface area contributed by atoms with E-state index in [1.165, 1.54) is 0 Å². The van der Waals surface area contributed by atoms with Crippen LogP contribution in [0.2, 0.25) is 0 Å². The lowest BCUT2D eigenvalue weighted by Gasteiger charge is -2.15. The van der Waals surface area contributed by atoms with E-state index in [2.05, 4.69) is 17.2 Å². The van der Waals surface area contributed by atoms with E-state index in [0.717, 1.165) is 24.1 Å². The molecule has 0 radical (unpaired) electrons. The summed E-state index contributed by atoms with van der Waals surface area (Å²) in [7, 11) is 5.10. The maximum atomic E-state index is 11.8. The van der Waals surface area contributed by atoms with Crippen molar-refractivity contribution < 1.29 is 14.3 Å². The van der Waals surface area contributed by atoms with E-state index >= 15 is 0 Å². The summed E-state index contributed by atoms with van der Waals surface area (Å²) in [6.45, 7) is 5.08. The molecule has 0 aromatic heterocycles. The summed E-state index contributed by atoms with van der Waals surface area (Å²) in [4.78, 5) is 11.8. The number of rotatable bonds is 10. The highest BCUT2D eigenvalue weighted by atomic mass is 16.5. The van der Waals surface area contributed by atoms with Crippen molar-refractivity contribution >= 4 is 5.91 Å². The Morgan fingerprint density at radius 1 is 1.32 bits per heavy atom. The monoisotopic (exact) mass is 306 g/mol. The molecule has 0 aliphatic carbocycles. The number of hydrogen-bond donors (Lipinski definition) is 2. The Kier molecular flexibility index (Phi) is 8.07. The molecule has 5 nitrogen and oxygen atoms in total. The van der Waals surface area contributed by atoms with Crippen molar-refractivity contribution in [3.63, 3.8) is 0 Å². The van der Waals surface area contributed by atoms with Gasteiger partial charge in [-0.15, -0.1) is 6.58 Å². The number of nitrogens with one attached hydrogen (secondary N) is 2. The molecule has 0 fully saturated rings. The average Bonchev–Trinajstić information content (AvgIpc) is 2.53. The Labute approximate surface area is 132 Å². The normalized spacial score (nSPS) is 10.1. The van der Waals surface area contributed by atoms with E-state index in [1.807, 2.05) is 25.3 Å². The molecule has 0 saturated heterocycles. The summed E-state index contributed by atoms with van der Waals surface area (Å²) in [5.41, 5.74) is 1.98. The molecule has 0 spiro atoms. The van der Waals surface area contributed by atoms with Crippen molar-refractivity contribution in [2.45, 2.75) is 25.8 Å². The van der Waals surface area contributed by atoms with Crippen LogP contribution in [0.4, 0.5) is 0 Å². The summed E-state index contributed by atoms with van der Waals surface area (Å²) in [5, 5.41) is 5.95. The van der Waals surface area contributed by atoms with Crippen LogP contribution in [-0.2, 0) is 17.8 Å². The molecule has 0 aliphatic rings. The first kappa shape index (κ1) is 18.0. The van der Waals surface area contributed by atoms with Crippen LogP contribution >= 0.6 is 0 Å². The van der Waals surface area contributed by atoms with E-state index in [1.54, 1.807) is 14.2 Å². The van der Waals surface area contributed by atoms with Crippen LogP contribution in [0.15, 0.2) is 24.8 Å². The fraction of sp³-hybridized carbons (Fsp3) is 0.471. The third kappa shape index (κ3) is 5.41. The average molecular weight is 306 g/mol. The SMILES string of the molecule is C=CCc1cc(CNC(=O)CCCNC)cc(OC)c1OC. The minimum absolute atomic E-state index is 0.0512. The quantitative estimate of drug-likeness (QED) is 0.513. The van der Waals surface area contributed by atoms with Gasteiger partial charge in [0.05, 0.1) is 14.2 Å². The van der Waals surface area contributed by atoms with Gasteiger partial charge in [0.1, 0.15) is 0 Å². The number of methoxy groups -OCH3 is 2. The summed E-state index contributed by atoms with van der Waals surface area (Å²) >= 11 is 0. The molecular weight excluding hydrogens is 280 g/mol. The van der Waals surface area contributed by atoms with Gasteiger partial charge in [-0.1, -0.05) is 6.08 Å². The topological polar surface area (TPSA) is 59.6 Å². The molecule has 22 heavy (non-hydrogen) atoms. The second-order valence-electron chi connectivity index (χ2n) is 4.97. The van der Waals surface area contributed by atoms with Gasteiger partial charge >= 0.3 is 0 Å². The number of carbonyl (C=O) groups is 1. The standard InChI is InChI=1S/C17H26N2O3/c1-5-7-14-10-13(11-15(21-3)17(14)22-4)12-19-16(20)8-6-9-18-2/h5,10-11,18H,1,6-9,12H2,2-4H3,(H,19,20). The lowest BCUT2D eigenvalue weighted by molar-refractivity contribution is -0.121. The van der Waals surface area contributed by atoms with E-state index in [9.17, 15) is 4.79 Å². The molecule has 0 atom stereocenters. The highest BCUT2D eigenvalue weighted by Crippen LogP contribution is 2.33. The maximum absolute atomic E-state index is 11.8. The highest BCUT2D eigenvalue weighted by molar-refractivity contribution is 5.75. The van der Waals surface area contributed by atoms with Crippen molar-refractivity contribution in [2.75, 3.05) is 27.8 Å². The number of amides is 1. The first-order valence-corrected chi connectivity index (χ1v) is 7.42. The third-order valence-corrected chi connectivity index (χ3v) is 3.30. The molecule has 2 N–H and O–H groups in total. The van der Waals surface area contributed by atoms with Gasteiger partial charge in [0.15, 0.2) is 11.5 Å².